The minimum Gasteiger partial charge on any atom is -0.396 e. The Balaban J connectivity index is 2.24. The lowest BCUT2D eigenvalue weighted by atomic mass is 9.69. The fraction of sp³-hybridized carbons (Fsp3) is 0.571. The van der Waals surface area contributed by atoms with Crippen molar-refractivity contribution in [3.63, 3.8) is 0 Å². The van der Waals surface area contributed by atoms with E-state index in [4.69, 9.17) is 0 Å². The van der Waals surface area contributed by atoms with E-state index in [1.807, 2.05) is 0 Å². The number of rotatable bonds is 2. The molecule has 1 aromatic rings. The normalized spacial score (nSPS) is 33.6. The SMILES string of the molecule is C[C@@H]1[C@@H](CO)CC[C@H](O)[C@H]1c1ccc(F)cc1. The predicted octanol–water partition coefficient (Wildman–Crippen LogP) is 2.31. The Bertz CT molecular complexity index is 363. The van der Waals surface area contributed by atoms with Crippen LogP contribution in [0.1, 0.15) is 31.2 Å². The summed E-state index contributed by atoms with van der Waals surface area (Å²) in [6, 6.07) is 6.33. The standard InChI is InChI=1S/C14H19FO2/c1-9-11(8-16)4-7-13(17)14(9)10-2-5-12(15)6-3-10/h2-3,5-6,9,11,13-14,16-17H,4,7-8H2,1H3/t9-,11-,13+,14-/m1/s1. The Morgan fingerprint density at radius 2 is 1.88 bits per heavy atom. The number of benzene rings is 1. The first-order valence-corrected chi connectivity index (χ1v) is 6.18. The first-order chi connectivity index (χ1) is 8.13. The van der Waals surface area contributed by atoms with Crippen LogP contribution < -0.4 is 0 Å². The predicted molar refractivity (Wildman–Crippen MR) is 64.1 cm³/mol. The van der Waals surface area contributed by atoms with Crippen molar-refractivity contribution in [2.45, 2.75) is 31.8 Å². The molecule has 17 heavy (non-hydrogen) atoms. The number of hydrogen-bond donors (Lipinski definition) is 2. The number of hydrogen-bond acceptors (Lipinski definition) is 2. The van der Waals surface area contributed by atoms with Crippen molar-refractivity contribution < 1.29 is 14.6 Å². The van der Waals surface area contributed by atoms with Crippen molar-refractivity contribution in [1.29, 1.82) is 0 Å². The highest BCUT2D eigenvalue weighted by Gasteiger charge is 2.36. The molecule has 2 nitrogen and oxygen atoms in total. The molecular formula is C14H19FO2. The van der Waals surface area contributed by atoms with Crippen LogP contribution >= 0.6 is 0 Å². The van der Waals surface area contributed by atoms with Crippen LogP contribution in [0.5, 0.6) is 0 Å². The zero-order valence-corrected chi connectivity index (χ0v) is 10.0. The minimum atomic E-state index is -0.390. The van der Waals surface area contributed by atoms with Gasteiger partial charge in [0.05, 0.1) is 6.10 Å². The Labute approximate surface area is 101 Å². The highest BCUT2D eigenvalue weighted by atomic mass is 19.1. The summed E-state index contributed by atoms with van der Waals surface area (Å²) < 4.78 is 12.9. The van der Waals surface area contributed by atoms with Crippen molar-refractivity contribution in [3.05, 3.63) is 35.6 Å². The highest BCUT2D eigenvalue weighted by Crippen LogP contribution is 2.41. The van der Waals surface area contributed by atoms with E-state index in [9.17, 15) is 14.6 Å². The maximum absolute atomic E-state index is 12.9. The van der Waals surface area contributed by atoms with E-state index >= 15 is 0 Å². The fourth-order valence-corrected chi connectivity index (χ4v) is 2.94. The molecule has 1 aliphatic carbocycles. The van der Waals surface area contributed by atoms with Gasteiger partial charge in [-0.05, 0) is 42.4 Å². The minimum absolute atomic E-state index is 0.00139. The van der Waals surface area contributed by atoms with Gasteiger partial charge in [0.2, 0.25) is 0 Å². The van der Waals surface area contributed by atoms with E-state index in [2.05, 4.69) is 6.92 Å². The van der Waals surface area contributed by atoms with Crippen molar-refractivity contribution >= 4 is 0 Å². The van der Waals surface area contributed by atoms with Gasteiger partial charge in [-0.3, -0.25) is 0 Å². The summed E-state index contributed by atoms with van der Waals surface area (Å²) in [5.74, 6) is 0.189. The van der Waals surface area contributed by atoms with Crippen LogP contribution in [0.3, 0.4) is 0 Å². The van der Waals surface area contributed by atoms with Gasteiger partial charge in [-0.1, -0.05) is 19.1 Å². The van der Waals surface area contributed by atoms with Crippen LogP contribution in [-0.2, 0) is 0 Å². The molecule has 1 aromatic carbocycles. The van der Waals surface area contributed by atoms with Gasteiger partial charge in [0.1, 0.15) is 5.82 Å². The monoisotopic (exact) mass is 238 g/mol. The third-order valence-electron chi connectivity index (χ3n) is 4.05. The molecule has 94 valence electrons. The van der Waals surface area contributed by atoms with Crippen LogP contribution in [0.15, 0.2) is 24.3 Å². The molecule has 1 saturated carbocycles. The lowest BCUT2D eigenvalue weighted by Gasteiger charge is -2.39. The third-order valence-corrected chi connectivity index (χ3v) is 4.05. The molecule has 0 aromatic heterocycles. The van der Waals surface area contributed by atoms with Gasteiger partial charge in [-0.15, -0.1) is 0 Å². The van der Waals surface area contributed by atoms with E-state index in [1.165, 1.54) is 12.1 Å². The molecule has 0 aliphatic heterocycles. The molecule has 2 N–H and O–H groups in total. The van der Waals surface area contributed by atoms with Crippen LogP contribution in [0.2, 0.25) is 0 Å². The maximum Gasteiger partial charge on any atom is 0.123 e. The smallest absolute Gasteiger partial charge is 0.123 e. The molecule has 0 amide bonds. The molecule has 0 unspecified atom stereocenters. The molecule has 0 heterocycles. The van der Waals surface area contributed by atoms with E-state index in [1.54, 1.807) is 12.1 Å². The molecule has 0 bridgehead atoms. The highest BCUT2D eigenvalue weighted by molar-refractivity contribution is 5.23. The van der Waals surface area contributed by atoms with Crippen LogP contribution in [-0.4, -0.2) is 22.9 Å². The van der Waals surface area contributed by atoms with Gasteiger partial charge in [0.15, 0.2) is 0 Å². The van der Waals surface area contributed by atoms with Crippen LogP contribution in [0.4, 0.5) is 4.39 Å². The van der Waals surface area contributed by atoms with Gasteiger partial charge < -0.3 is 10.2 Å². The summed E-state index contributed by atoms with van der Waals surface area (Å²) in [7, 11) is 0. The second-order valence-corrected chi connectivity index (χ2v) is 5.02. The second kappa shape index (κ2) is 5.15. The van der Waals surface area contributed by atoms with Crippen molar-refractivity contribution in [2.24, 2.45) is 11.8 Å². The molecule has 0 spiro atoms. The number of aliphatic hydroxyl groups is 2. The summed E-state index contributed by atoms with van der Waals surface area (Å²) in [5, 5.41) is 19.4. The first kappa shape index (κ1) is 12.5. The van der Waals surface area contributed by atoms with Gasteiger partial charge in [0.25, 0.3) is 0 Å². The summed E-state index contributed by atoms with van der Waals surface area (Å²) in [6.45, 7) is 2.21. The second-order valence-electron chi connectivity index (χ2n) is 5.02. The van der Waals surface area contributed by atoms with Crippen molar-refractivity contribution in [2.75, 3.05) is 6.61 Å². The topological polar surface area (TPSA) is 40.5 Å². The first-order valence-electron chi connectivity index (χ1n) is 6.18. The van der Waals surface area contributed by atoms with Crippen molar-refractivity contribution in [3.8, 4) is 0 Å². The lowest BCUT2D eigenvalue weighted by Crippen LogP contribution is -2.36. The van der Waals surface area contributed by atoms with E-state index in [-0.39, 0.29) is 30.2 Å². The Morgan fingerprint density at radius 3 is 2.47 bits per heavy atom. The average Bonchev–Trinajstić information content (AvgIpc) is 2.32. The van der Waals surface area contributed by atoms with Gasteiger partial charge in [0, 0.05) is 12.5 Å². The molecule has 3 heteroatoms. The molecule has 4 atom stereocenters. The Kier molecular flexibility index (Phi) is 3.79. The molecule has 0 radical (unpaired) electrons. The Morgan fingerprint density at radius 1 is 1.24 bits per heavy atom. The van der Waals surface area contributed by atoms with Crippen molar-refractivity contribution in [1.82, 2.24) is 0 Å². The molecule has 2 rings (SSSR count). The largest absolute Gasteiger partial charge is 0.396 e. The molecule has 0 saturated heterocycles. The van der Waals surface area contributed by atoms with Gasteiger partial charge in [-0.25, -0.2) is 4.39 Å². The molecular weight excluding hydrogens is 219 g/mol. The summed E-state index contributed by atoms with van der Waals surface area (Å²) in [6.07, 6.45) is 1.17. The third kappa shape index (κ3) is 2.50. The number of aliphatic hydroxyl groups excluding tert-OH is 2. The van der Waals surface area contributed by atoms with Crippen LogP contribution in [0.25, 0.3) is 0 Å². The summed E-state index contributed by atoms with van der Waals surface area (Å²) in [5.41, 5.74) is 0.963. The maximum atomic E-state index is 12.9. The summed E-state index contributed by atoms with van der Waals surface area (Å²) in [4.78, 5) is 0. The van der Waals surface area contributed by atoms with Gasteiger partial charge >= 0.3 is 0 Å². The van der Waals surface area contributed by atoms with E-state index in [0.29, 0.717) is 6.42 Å². The van der Waals surface area contributed by atoms with E-state index in [0.717, 1.165) is 12.0 Å². The fourth-order valence-electron chi connectivity index (χ4n) is 2.94. The lowest BCUT2D eigenvalue weighted by molar-refractivity contribution is 0.0278. The zero-order chi connectivity index (χ0) is 12.4. The molecule has 1 fully saturated rings. The summed E-state index contributed by atoms with van der Waals surface area (Å²) >= 11 is 0. The van der Waals surface area contributed by atoms with Gasteiger partial charge in [-0.2, -0.15) is 0 Å². The number of halogens is 1. The molecule has 1 aliphatic rings. The Hall–Kier alpha value is -0.930. The quantitative estimate of drug-likeness (QED) is 0.830. The van der Waals surface area contributed by atoms with E-state index < -0.39 is 6.10 Å². The van der Waals surface area contributed by atoms with Crippen LogP contribution in [0, 0.1) is 17.7 Å². The zero-order valence-electron chi connectivity index (χ0n) is 10.0. The average molecular weight is 238 g/mol.